The number of hydrogen-bond acceptors (Lipinski definition) is 3. The third-order valence-electron chi connectivity index (χ3n) is 2.68. The van der Waals surface area contributed by atoms with Crippen molar-refractivity contribution in [3.05, 3.63) is 51.2 Å². The van der Waals surface area contributed by atoms with Gasteiger partial charge in [-0.15, -0.1) is 0 Å². The molecule has 0 radical (unpaired) electrons. The van der Waals surface area contributed by atoms with Crippen molar-refractivity contribution in [2.45, 2.75) is 0 Å². The molecule has 1 amide bonds. The molecule has 0 spiro atoms. The molecule has 2 aromatic rings. The lowest BCUT2D eigenvalue weighted by atomic mass is 10.2. The maximum Gasteiger partial charge on any atom is 0.257 e. The number of anilines is 2. The molecule has 0 bridgehead atoms. The first-order chi connectivity index (χ1) is 9.47. The molecule has 4 nitrogen and oxygen atoms in total. The molecule has 0 saturated carbocycles. The van der Waals surface area contributed by atoms with E-state index in [1.807, 2.05) is 37.2 Å². The Labute approximate surface area is 134 Å². The normalized spacial score (nSPS) is 10.2. The van der Waals surface area contributed by atoms with E-state index in [2.05, 4.69) is 42.2 Å². The second-order valence-corrected chi connectivity index (χ2v) is 6.11. The summed E-state index contributed by atoms with van der Waals surface area (Å²) in [7, 11) is 3.86. The van der Waals surface area contributed by atoms with Crippen LogP contribution >= 0.6 is 31.9 Å². The monoisotopic (exact) mass is 397 g/mol. The number of nitrogens with one attached hydrogen (secondary N) is 1. The number of halogens is 2. The first kappa shape index (κ1) is 15.0. The van der Waals surface area contributed by atoms with E-state index in [0.717, 1.165) is 15.8 Å². The van der Waals surface area contributed by atoms with Gasteiger partial charge in [0.15, 0.2) is 0 Å². The van der Waals surface area contributed by atoms with Crippen LogP contribution in [-0.4, -0.2) is 25.0 Å². The van der Waals surface area contributed by atoms with Crippen LogP contribution in [0.4, 0.5) is 11.4 Å². The highest BCUT2D eigenvalue weighted by atomic mass is 79.9. The van der Waals surface area contributed by atoms with E-state index in [4.69, 9.17) is 0 Å². The summed E-state index contributed by atoms with van der Waals surface area (Å²) in [5.74, 6) is -0.189. The van der Waals surface area contributed by atoms with Gasteiger partial charge in [0.1, 0.15) is 4.60 Å². The molecule has 1 N–H and O–H groups in total. The van der Waals surface area contributed by atoms with Gasteiger partial charge in [-0.25, -0.2) is 4.98 Å². The zero-order valence-electron chi connectivity index (χ0n) is 11.0. The highest BCUT2D eigenvalue weighted by Crippen LogP contribution is 2.28. The van der Waals surface area contributed by atoms with Gasteiger partial charge in [-0.05, 0) is 46.3 Å². The van der Waals surface area contributed by atoms with Crippen molar-refractivity contribution < 1.29 is 4.79 Å². The average molecular weight is 399 g/mol. The van der Waals surface area contributed by atoms with Crippen LogP contribution in [0.15, 0.2) is 45.6 Å². The van der Waals surface area contributed by atoms with Crippen molar-refractivity contribution in [3.63, 3.8) is 0 Å². The number of carbonyl (C=O) groups is 1. The van der Waals surface area contributed by atoms with Crippen LogP contribution in [0.3, 0.4) is 0 Å². The van der Waals surface area contributed by atoms with Gasteiger partial charge in [-0.2, -0.15) is 0 Å². The SMILES string of the molecule is CN(C)c1ccc(Br)cc1NC(=O)c1ccc(Br)nc1. The molecule has 1 aromatic heterocycles. The zero-order valence-corrected chi connectivity index (χ0v) is 14.2. The lowest BCUT2D eigenvalue weighted by Crippen LogP contribution is -2.16. The molecule has 0 aliphatic rings. The Kier molecular flexibility index (Phi) is 4.77. The van der Waals surface area contributed by atoms with Crippen molar-refractivity contribution in [2.24, 2.45) is 0 Å². The van der Waals surface area contributed by atoms with Crippen molar-refractivity contribution in [1.29, 1.82) is 0 Å². The molecule has 1 heterocycles. The maximum atomic E-state index is 12.2. The zero-order chi connectivity index (χ0) is 14.7. The van der Waals surface area contributed by atoms with Crippen LogP contribution in [-0.2, 0) is 0 Å². The van der Waals surface area contributed by atoms with Crippen LogP contribution < -0.4 is 10.2 Å². The number of benzene rings is 1. The molecular weight excluding hydrogens is 386 g/mol. The topological polar surface area (TPSA) is 45.2 Å². The number of pyridine rings is 1. The summed E-state index contributed by atoms with van der Waals surface area (Å²) in [5.41, 5.74) is 2.20. The van der Waals surface area contributed by atoms with Gasteiger partial charge in [0.25, 0.3) is 5.91 Å². The van der Waals surface area contributed by atoms with Gasteiger partial charge in [-0.1, -0.05) is 15.9 Å². The van der Waals surface area contributed by atoms with Crippen LogP contribution in [0.25, 0.3) is 0 Å². The number of carbonyl (C=O) groups excluding carboxylic acids is 1. The minimum absolute atomic E-state index is 0.189. The molecule has 0 fully saturated rings. The molecule has 0 unspecified atom stereocenters. The maximum absolute atomic E-state index is 12.2. The minimum Gasteiger partial charge on any atom is -0.376 e. The number of aromatic nitrogens is 1. The van der Waals surface area contributed by atoms with E-state index in [1.165, 1.54) is 6.20 Å². The summed E-state index contributed by atoms with van der Waals surface area (Å²) >= 11 is 6.66. The van der Waals surface area contributed by atoms with E-state index in [-0.39, 0.29) is 5.91 Å². The summed E-state index contributed by atoms with van der Waals surface area (Å²) in [6, 6.07) is 9.22. The van der Waals surface area contributed by atoms with E-state index in [9.17, 15) is 4.79 Å². The van der Waals surface area contributed by atoms with Crippen LogP contribution in [0, 0.1) is 0 Å². The Bertz CT molecular complexity index is 627. The largest absolute Gasteiger partial charge is 0.376 e. The van der Waals surface area contributed by atoms with Gasteiger partial charge >= 0.3 is 0 Å². The highest BCUT2D eigenvalue weighted by molar-refractivity contribution is 9.10. The lowest BCUT2D eigenvalue weighted by molar-refractivity contribution is 0.102. The van der Waals surface area contributed by atoms with E-state index in [0.29, 0.717) is 10.2 Å². The fourth-order valence-corrected chi connectivity index (χ4v) is 2.30. The highest BCUT2D eigenvalue weighted by Gasteiger charge is 2.11. The Hall–Kier alpha value is -1.40. The molecule has 0 saturated heterocycles. The smallest absolute Gasteiger partial charge is 0.257 e. The van der Waals surface area contributed by atoms with Crippen molar-refractivity contribution in [3.8, 4) is 0 Å². The van der Waals surface area contributed by atoms with Crippen LogP contribution in [0.1, 0.15) is 10.4 Å². The minimum atomic E-state index is -0.189. The van der Waals surface area contributed by atoms with E-state index >= 15 is 0 Å². The number of nitrogens with zero attached hydrogens (tertiary/aromatic N) is 2. The van der Waals surface area contributed by atoms with Gasteiger partial charge < -0.3 is 10.2 Å². The van der Waals surface area contributed by atoms with Crippen LogP contribution in [0.5, 0.6) is 0 Å². The molecule has 0 atom stereocenters. The fourth-order valence-electron chi connectivity index (χ4n) is 1.70. The number of rotatable bonds is 3. The Morgan fingerprint density at radius 3 is 2.55 bits per heavy atom. The fraction of sp³-hybridized carbons (Fsp3) is 0.143. The standard InChI is InChI=1S/C14H13Br2N3O/c1-19(2)12-5-4-10(15)7-11(12)18-14(20)9-3-6-13(16)17-8-9/h3-8H,1-2H3,(H,18,20). The summed E-state index contributed by atoms with van der Waals surface area (Å²) in [6.45, 7) is 0. The summed E-state index contributed by atoms with van der Waals surface area (Å²) in [4.78, 5) is 18.2. The van der Waals surface area contributed by atoms with Crippen molar-refractivity contribution in [1.82, 2.24) is 4.98 Å². The molecule has 1 aromatic carbocycles. The first-order valence-electron chi connectivity index (χ1n) is 5.87. The average Bonchev–Trinajstić information content (AvgIpc) is 2.39. The Balaban J connectivity index is 2.27. The van der Waals surface area contributed by atoms with E-state index < -0.39 is 0 Å². The lowest BCUT2D eigenvalue weighted by Gasteiger charge is -2.18. The van der Waals surface area contributed by atoms with Gasteiger partial charge in [0.2, 0.25) is 0 Å². The predicted molar refractivity (Wildman–Crippen MR) is 88.4 cm³/mol. The number of amides is 1. The molecule has 6 heteroatoms. The Morgan fingerprint density at radius 2 is 1.95 bits per heavy atom. The summed E-state index contributed by atoms with van der Waals surface area (Å²) < 4.78 is 1.61. The van der Waals surface area contributed by atoms with E-state index in [1.54, 1.807) is 12.1 Å². The molecule has 104 valence electrons. The molecule has 0 aliphatic carbocycles. The molecule has 0 aliphatic heterocycles. The second kappa shape index (κ2) is 6.37. The Morgan fingerprint density at radius 1 is 1.20 bits per heavy atom. The quantitative estimate of drug-likeness (QED) is 0.796. The van der Waals surface area contributed by atoms with Crippen molar-refractivity contribution >= 4 is 49.1 Å². The van der Waals surface area contributed by atoms with Gasteiger partial charge in [-0.3, -0.25) is 4.79 Å². The molecule has 20 heavy (non-hydrogen) atoms. The third kappa shape index (κ3) is 3.58. The second-order valence-electron chi connectivity index (χ2n) is 4.38. The van der Waals surface area contributed by atoms with Gasteiger partial charge in [0.05, 0.1) is 16.9 Å². The molecule has 2 rings (SSSR count). The van der Waals surface area contributed by atoms with Crippen molar-refractivity contribution in [2.75, 3.05) is 24.3 Å². The predicted octanol–water partition coefficient (Wildman–Crippen LogP) is 3.92. The summed E-state index contributed by atoms with van der Waals surface area (Å²) in [5, 5.41) is 2.90. The van der Waals surface area contributed by atoms with Gasteiger partial charge in [0, 0.05) is 24.8 Å². The molecular formula is C14H13Br2N3O. The summed E-state index contributed by atoms with van der Waals surface area (Å²) in [6.07, 6.45) is 1.53. The first-order valence-corrected chi connectivity index (χ1v) is 7.46. The number of hydrogen-bond donors (Lipinski definition) is 1. The third-order valence-corrected chi connectivity index (χ3v) is 3.64. The van der Waals surface area contributed by atoms with Crippen LogP contribution in [0.2, 0.25) is 0 Å².